The van der Waals surface area contributed by atoms with E-state index < -0.39 is 0 Å². The minimum atomic E-state index is 0. The number of halogens is 1. The molecule has 0 atom stereocenters. The molecule has 27 heavy (non-hydrogen) atoms. The van der Waals surface area contributed by atoms with Crippen LogP contribution in [0.4, 0.5) is 11.6 Å². The topological polar surface area (TPSA) is 77.1 Å². The lowest BCUT2D eigenvalue weighted by atomic mass is 9.94. The van der Waals surface area contributed by atoms with Crippen LogP contribution in [-0.2, 0) is 6.54 Å². The fraction of sp³-hybridized carbons (Fsp3) is 0.400. The molecule has 6 nitrogen and oxygen atoms in total. The summed E-state index contributed by atoms with van der Waals surface area (Å²) < 4.78 is 0. The van der Waals surface area contributed by atoms with Crippen LogP contribution in [0.25, 0.3) is 10.9 Å². The Morgan fingerprint density at radius 2 is 2.07 bits per heavy atom. The first-order valence-electron chi connectivity index (χ1n) is 9.31. The molecule has 3 aromatic rings. The molecule has 1 aliphatic heterocycles. The molecular formula is C20H26ClN5O. The van der Waals surface area contributed by atoms with E-state index in [9.17, 15) is 0 Å². The monoisotopic (exact) mass is 387 g/mol. The number of fused-ring (bicyclic) bond motifs is 1. The number of H-pyrrole nitrogens is 1. The Kier molecular flexibility index (Phi) is 6.53. The van der Waals surface area contributed by atoms with E-state index in [4.69, 9.17) is 10.1 Å². The zero-order valence-electron chi connectivity index (χ0n) is 15.3. The van der Waals surface area contributed by atoms with E-state index in [1.165, 1.54) is 0 Å². The number of hydrogen-bond acceptors (Lipinski definition) is 5. The van der Waals surface area contributed by atoms with Gasteiger partial charge in [0.15, 0.2) is 5.82 Å². The van der Waals surface area contributed by atoms with Crippen molar-refractivity contribution >= 4 is 34.9 Å². The maximum absolute atomic E-state index is 9.14. The molecule has 1 aliphatic rings. The summed E-state index contributed by atoms with van der Waals surface area (Å²) >= 11 is 0. The Hall–Kier alpha value is -2.31. The summed E-state index contributed by atoms with van der Waals surface area (Å²) in [5.74, 6) is 2.52. The maximum atomic E-state index is 9.14. The quantitative estimate of drug-likeness (QED) is 0.602. The van der Waals surface area contributed by atoms with Gasteiger partial charge < -0.3 is 20.3 Å². The van der Waals surface area contributed by atoms with Crippen molar-refractivity contribution in [3.05, 3.63) is 48.4 Å². The molecule has 4 heterocycles. The minimum absolute atomic E-state index is 0. The average Bonchev–Trinajstić information content (AvgIpc) is 3.16. The van der Waals surface area contributed by atoms with Crippen LogP contribution in [0.1, 0.15) is 25.0 Å². The van der Waals surface area contributed by atoms with Gasteiger partial charge in [-0.25, -0.2) is 4.98 Å². The van der Waals surface area contributed by atoms with E-state index in [0.29, 0.717) is 19.1 Å². The summed E-state index contributed by atoms with van der Waals surface area (Å²) in [5, 5.41) is 13.7. The molecule has 0 unspecified atom stereocenters. The highest BCUT2D eigenvalue weighted by molar-refractivity contribution is 5.91. The van der Waals surface area contributed by atoms with Crippen LogP contribution in [0.2, 0.25) is 0 Å². The number of anilines is 2. The molecule has 1 fully saturated rings. The van der Waals surface area contributed by atoms with E-state index in [-0.39, 0.29) is 12.4 Å². The molecule has 4 rings (SSSR count). The number of aromatic nitrogens is 3. The summed E-state index contributed by atoms with van der Waals surface area (Å²) in [7, 11) is 0. The van der Waals surface area contributed by atoms with Gasteiger partial charge in [-0.05, 0) is 49.4 Å². The Morgan fingerprint density at radius 1 is 1.22 bits per heavy atom. The minimum Gasteiger partial charge on any atom is -0.396 e. The van der Waals surface area contributed by atoms with Crippen LogP contribution in [0.3, 0.4) is 0 Å². The van der Waals surface area contributed by atoms with E-state index in [0.717, 1.165) is 60.6 Å². The highest BCUT2D eigenvalue weighted by Gasteiger charge is 2.21. The van der Waals surface area contributed by atoms with Crippen LogP contribution >= 0.6 is 12.4 Å². The van der Waals surface area contributed by atoms with E-state index in [1.807, 2.05) is 30.6 Å². The maximum Gasteiger partial charge on any atom is 0.153 e. The number of aliphatic hydroxyl groups is 1. The normalized spacial score (nSPS) is 14.9. The zero-order valence-corrected chi connectivity index (χ0v) is 16.1. The fourth-order valence-electron chi connectivity index (χ4n) is 3.65. The van der Waals surface area contributed by atoms with Gasteiger partial charge in [-0.1, -0.05) is 6.07 Å². The summed E-state index contributed by atoms with van der Waals surface area (Å²) in [5.41, 5.74) is 2.02. The van der Waals surface area contributed by atoms with Crippen LogP contribution in [0, 0.1) is 5.92 Å². The molecule has 144 valence electrons. The smallest absolute Gasteiger partial charge is 0.153 e. The van der Waals surface area contributed by atoms with Gasteiger partial charge in [0, 0.05) is 37.5 Å². The van der Waals surface area contributed by atoms with E-state index in [1.54, 1.807) is 0 Å². The van der Waals surface area contributed by atoms with Gasteiger partial charge in [-0.2, -0.15) is 0 Å². The number of aromatic amines is 1. The van der Waals surface area contributed by atoms with Crippen LogP contribution < -0.4 is 10.2 Å². The molecule has 0 saturated carbocycles. The average molecular weight is 388 g/mol. The second kappa shape index (κ2) is 9.06. The molecule has 3 N–H and O–H groups in total. The van der Waals surface area contributed by atoms with Crippen molar-refractivity contribution in [1.29, 1.82) is 0 Å². The summed E-state index contributed by atoms with van der Waals surface area (Å²) in [6.45, 7) is 2.92. The third-order valence-corrected chi connectivity index (χ3v) is 5.17. The first-order valence-corrected chi connectivity index (χ1v) is 9.31. The second-order valence-corrected chi connectivity index (χ2v) is 6.89. The van der Waals surface area contributed by atoms with Gasteiger partial charge >= 0.3 is 0 Å². The highest BCUT2D eigenvalue weighted by Crippen LogP contribution is 2.29. The van der Waals surface area contributed by atoms with Gasteiger partial charge in [-0.15, -0.1) is 12.4 Å². The zero-order chi connectivity index (χ0) is 17.8. The summed E-state index contributed by atoms with van der Waals surface area (Å²) in [6.07, 6.45) is 6.90. The van der Waals surface area contributed by atoms with Gasteiger partial charge in [0.05, 0.1) is 17.8 Å². The van der Waals surface area contributed by atoms with Crippen molar-refractivity contribution in [2.24, 2.45) is 5.92 Å². The predicted molar refractivity (Wildman–Crippen MR) is 112 cm³/mol. The highest BCUT2D eigenvalue weighted by atomic mass is 35.5. The second-order valence-electron chi connectivity index (χ2n) is 6.89. The van der Waals surface area contributed by atoms with Gasteiger partial charge in [0.25, 0.3) is 0 Å². The Balaban J connectivity index is 0.00000210. The van der Waals surface area contributed by atoms with Gasteiger partial charge in [-0.3, -0.25) is 4.98 Å². The number of pyridine rings is 2. The lowest BCUT2D eigenvalue weighted by Gasteiger charge is -2.32. The van der Waals surface area contributed by atoms with E-state index in [2.05, 4.69) is 32.3 Å². The Bertz CT molecular complexity index is 846. The first kappa shape index (κ1) is 19.5. The number of aliphatic hydroxyl groups excluding tert-OH is 1. The Morgan fingerprint density at radius 3 is 2.81 bits per heavy atom. The largest absolute Gasteiger partial charge is 0.396 e. The number of nitrogens with zero attached hydrogens (tertiary/aromatic N) is 3. The van der Waals surface area contributed by atoms with Crippen LogP contribution in [-0.4, -0.2) is 39.8 Å². The number of piperidine rings is 1. The number of nitrogens with one attached hydrogen (secondary N) is 2. The molecule has 0 spiro atoms. The SMILES string of the molecule is Cl.OCCC1CCN(c2cc3cc[nH]c3c(NCc3ccccn3)n2)CC1. The van der Waals surface area contributed by atoms with E-state index >= 15 is 0 Å². The first-order chi connectivity index (χ1) is 12.8. The molecule has 0 bridgehead atoms. The molecule has 3 aromatic heterocycles. The molecule has 7 heteroatoms. The molecule has 1 saturated heterocycles. The predicted octanol–water partition coefficient (Wildman–Crippen LogP) is 3.59. The molecule has 0 aliphatic carbocycles. The molecule has 0 radical (unpaired) electrons. The lowest BCUT2D eigenvalue weighted by molar-refractivity contribution is 0.240. The number of hydrogen-bond donors (Lipinski definition) is 3. The van der Waals surface area contributed by atoms with Crippen molar-refractivity contribution < 1.29 is 5.11 Å². The lowest BCUT2D eigenvalue weighted by Crippen LogP contribution is -2.34. The molecular weight excluding hydrogens is 362 g/mol. The van der Waals surface area contributed by atoms with Crippen molar-refractivity contribution in [2.75, 3.05) is 29.9 Å². The van der Waals surface area contributed by atoms with Crippen molar-refractivity contribution in [3.63, 3.8) is 0 Å². The third kappa shape index (κ3) is 4.51. The number of rotatable bonds is 6. The third-order valence-electron chi connectivity index (χ3n) is 5.17. The standard InChI is InChI=1S/C20H25N5O.ClH/c26-12-7-15-5-10-25(11-6-15)18-13-16-4-9-22-19(16)20(24-18)23-14-17-3-1-2-8-21-17;/h1-4,8-9,13,15,22,26H,5-7,10-12,14H2,(H,23,24);1H. The molecule has 0 aromatic carbocycles. The Labute approximate surface area is 165 Å². The van der Waals surface area contributed by atoms with Crippen LogP contribution in [0.15, 0.2) is 42.7 Å². The fourth-order valence-corrected chi connectivity index (χ4v) is 3.65. The van der Waals surface area contributed by atoms with Crippen molar-refractivity contribution in [2.45, 2.75) is 25.8 Å². The summed E-state index contributed by atoms with van der Waals surface area (Å²) in [4.78, 5) is 14.9. The van der Waals surface area contributed by atoms with Crippen LogP contribution in [0.5, 0.6) is 0 Å². The van der Waals surface area contributed by atoms with Gasteiger partial charge in [0.1, 0.15) is 5.82 Å². The summed E-state index contributed by atoms with van der Waals surface area (Å²) in [6, 6.07) is 10.2. The van der Waals surface area contributed by atoms with Crippen molar-refractivity contribution in [1.82, 2.24) is 15.0 Å². The molecule has 0 amide bonds. The van der Waals surface area contributed by atoms with Crippen molar-refractivity contribution in [3.8, 4) is 0 Å². The van der Waals surface area contributed by atoms with Gasteiger partial charge in [0.2, 0.25) is 0 Å².